The molecule has 0 fully saturated rings. The Morgan fingerprint density at radius 3 is 2.69 bits per heavy atom. The molecule has 0 spiro atoms. The van der Waals surface area contributed by atoms with E-state index in [1.54, 1.807) is 32.2 Å². The van der Waals surface area contributed by atoms with Crippen LogP contribution in [0.1, 0.15) is 32.5 Å². The summed E-state index contributed by atoms with van der Waals surface area (Å²) in [5.41, 5.74) is 0.701. The van der Waals surface area contributed by atoms with Gasteiger partial charge in [-0.25, -0.2) is 9.78 Å². The molecular weight excluding hydrogens is 374 g/mol. The number of anilines is 1. The molecule has 2 aromatic rings. The molecule has 0 aliphatic rings. The maximum Gasteiger partial charge on any atom is 0.341 e. The third-order valence-electron chi connectivity index (χ3n) is 3.30. The predicted octanol–water partition coefficient (Wildman–Crippen LogP) is 2.72. The van der Waals surface area contributed by atoms with E-state index in [4.69, 9.17) is 4.74 Å². The summed E-state index contributed by atoms with van der Waals surface area (Å²) in [6.07, 6.45) is 1.65. The van der Waals surface area contributed by atoms with Crippen molar-refractivity contribution in [2.45, 2.75) is 18.9 Å². The molecule has 0 aliphatic heterocycles. The van der Waals surface area contributed by atoms with Gasteiger partial charge in [0.15, 0.2) is 0 Å². The summed E-state index contributed by atoms with van der Waals surface area (Å²) in [7, 11) is 1.51. The molecule has 138 valence electrons. The van der Waals surface area contributed by atoms with Crippen LogP contribution in [0.25, 0.3) is 0 Å². The van der Waals surface area contributed by atoms with Gasteiger partial charge >= 0.3 is 5.97 Å². The number of esters is 1. The summed E-state index contributed by atoms with van der Waals surface area (Å²) in [5, 5.41) is 6.27. The van der Waals surface area contributed by atoms with Gasteiger partial charge in [-0.1, -0.05) is 17.8 Å². The van der Waals surface area contributed by atoms with Gasteiger partial charge < -0.3 is 15.4 Å². The monoisotopic (exact) mass is 393 g/mol. The Bertz CT molecular complexity index is 806. The molecule has 0 radical (unpaired) electrons. The second-order valence-corrected chi connectivity index (χ2v) is 7.08. The summed E-state index contributed by atoms with van der Waals surface area (Å²) in [6, 6.07) is 5.44. The van der Waals surface area contributed by atoms with Gasteiger partial charge in [0.25, 0.3) is 5.91 Å². The molecular formula is C17H19N3O4S2. The van der Waals surface area contributed by atoms with E-state index in [0.717, 1.165) is 16.4 Å². The van der Waals surface area contributed by atoms with Crippen molar-refractivity contribution in [3.63, 3.8) is 0 Å². The van der Waals surface area contributed by atoms with Crippen molar-refractivity contribution < 1.29 is 19.1 Å². The van der Waals surface area contributed by atoms with Crippen molar-refractivity contribution in [1.82, 2.24) is 10.3 Å². The Morgan fingerprint density at radius 2 is 2.08 bits per heavy atom. The summed E-state index contributed by atoms with van der Waals surface area (Å²) in [6.45, 7) is 3.55. The molecule has 0 aliphatic carbocycles. The summed E-state index contributed by atoms with van der Waals surface area (Å²) in [5.74, 6) is -1.05. The first-order valence-electron chi connectivity index (χ1n) is 7.84. The predicted molar refractivity (Wildman–Crippen MR) is 102 cm³/mol. The van der Waals surface area contributed by atoms with Crippen LogP contribution < -0.4 is 10.6 Å². The number of carbonyl (C=O) groups excluding carboxylic acids is 3. The van der Waals surface area contributed by atoms with Crippen molar-refractivity contribution in [1.29, 1.82) is 0 Å². The second-order valence-electron chi connectivity index (χ2n) is 5.06. The average molecular weight is 393 g/mol. The standard InChI is InChI=1S/C17H19N3O4S2/c1-4-24-17(23)13-10(2)14(15(22)18-3)26-16(13)20-11(21)9-25-12-7-5-6-8-19-12/h5-8H,4,9H2,1-3H3,(H,18,22)(H,20,21). The maximum atomic E-state index is 12.3. The Labute approximate surface area is 159 Å². The van der Waals surface area contributed by atoms with Crippen LogP contribution in [0.3, 0.4) is 0 Å². The minimum absolute atomic E-state index is 0.130. The van der Waals surface area contributed by atoms with Gasteiger partial charge in [0.05, 0.1) is 27.8 Å². The Balaban J connectivity index is 2.19. The van der Waals surface area contributed by atoms with Crippen LogP contribution in [0, 0.1) is 6.92 Å². The number of pyridine rings is 1. The summed E-state index contributed by atoms with van der Waals surface area (Å²) >= 11 is 2.33. The lowest BCUT2D eigenvalue weighted by Crippen LogP contribution is -2.18. The fourth-order valence-electron chi connectivity index (χ4n) is 2.12. The highest BCUT2D eigenvalue weighted by Gasteiger charge is 2.26. The van der Waals surface area contributed by atoms with Gasteiger partial charge in [0.1, 0.15) is 5.00 Å². The molecule has 2 amide bonds. The van der Waals surface area contributed by atoms with Gasteiger partial charge in [-0.05, 0) is 31.5 Å². The summed E-state index contributed by atoms with van der Waals surface area (Å²) in [4.78, 5) is 41.0. The van der Waals surface area contributed by atoms with E-state index >= 15 is 0 Å². The molecule has 2 N–H and O–H groups in total. The number of thioether (sulfide) groups is 1. The number of hydrogen-bond acceptors (Lipinski definition) is 7. The van der Waals surface area contributed by atoms with E-state index in [1.165, 1.54) is 18.8 Å². The first-order valence-corrected chi connectivity index (χ1v) is 9.64. The fourth-order valence-corrected chi connectivity index (χ4v) is 3.93. The smallest absolute Gasteiger partial charge is 0.341 e. The number of ether oxygens (including phenoxy) is 1. The van der Waals surface area contributed by atoms with E-state index in [9.17, 15) is 14.4 Å². The lowest BCUT2D eigenvalue weighted by molar-refractivity contribution is -0.113. The van der Waals surface area contributed by atoms with Crippen LogP contribution in [-0.4, -0.2) is 42.2 Å². The van der Waals surface area contributed by atoms with E-state index in [-0.39, 0.29) is 29.7 Å². The minimum Gasteiger partial charge on any atom is -0.462 e. The van der Waals surface area contributed by atoms with Crippen LogP contribution in [0.15, 0.2) is 29.4 Å². The van der Waals surface area contributed by atoms with Gasteiger partial charge in [-0.3, -0.25) is 9.59 Å². The van der Waals surface area contributed by atoms with E-state index in [0.29, 0.717) is 15.4 Å². The molecule has 2 aromatic heterocycles. The van der Waals surface area contributed by atoms with Gasteiger partial charge in [0.2, 0.25) is 5.91 Å². The van der Waals surface area contributed by atoms with E-state index in [1.807, 2.05) is 6.07 Å². The highest BCUT2D eigenvalue weighted by atomic mass is 32.2. The highest BCUT2D eigenvalue weighted by Crippen LogP contribution is 2.34. The molecule has 9 heteroatoms. The first kappa shape index (κ1) is 19.9. The molecule has 2 rings (SSSR count). The number of thiophene rings is 1. The molecule has 0 saturated carbocycles. The van der Waals surface area contributed by atoms with Crippen LogP contribution in [0.2, 0.25) is 0 Å². The topological polar surface area (TPSA) is 97.4 Å². The van der Waals surface area contributed by atoms with Gasteiger partial charge in [-0.2, -0.15) is 0 Å². The van der Waals surface area contributed by atoms with Gasteiger partial charge in [-0.15, -0.1) is 11.3 Å². The van der Waals surface area contributed by atoms with Crippen molar-refractivity contribution in [3.8, 4) is 0 Å². The van der Waals surface area contributed by atoms with Crippen LogP contribution in [0.5, 0.6) is 0 Å². The Hall–Kier alpha value is -2.39. The zero-order valence-electron chi connectivity index (χ0n) is 14.6. The lowest BCUT2D eigenvalue weighted by Gasteiger charge is -2.07. The minimum atomic E-state index is -0.566. The molecule has 26 heavy (non-hydrogen) atoms. The highest BCUT2D eigenvalue weighted by molar-refractivity contribution is 7.99. The maximum absolute atomic E-state index is 12.3. The van der Waals surface area contributed by atoms with Crippen LogP contribution >= 0.6 is 23.1 Å². The second kappa shape index (κ2) is 9.35. The van der Waals surface area contributed by atoms with E-state index in [2.05, 4.69) is 15.6 Å². The number of hydrogen-bond donors (Lipinski definition) is 2. The zero-order valence-corrected chi connectivity index (χ0v) is 16.3. The molecule has 7 nitrogen and oxygen atoms in total. The Morgan fingerprint density at radius 1 is 1.31 bits per heavy atom. The fraction of sp³-hybridized carbons (Fsp3) is 0.294. The van der Waals surface area contributed by atoms with Crippen molar-refractivity contribution >= 4 is 45.9 Å². The van der Waals surface area contributed by atoms with Crippen molar-refractivity contribution in [3.05, 3.63) is 40.4 Å². The SMILES string of the molecule is CCOC(=O)c1c(NC(=O)CSc2ccccn2)sc(C(=O)NC)c1C. The normalized spacial score (nSPS) is 10.3. The molecule has 2 heterocycles. The molecule has 0 bridgehead atoms. The van der Waals surface area contributed by atoms with Gasteiger partial charge in [0, 0.05) is 13.2 Å². The number of nitrogens with zero attached hydrogens (tertiary/aromatic N) is 1. The number of rotatable bonds is 7. The van der Waals surface area contributed by atoms with E-state index < -0.39 is 5.97 Å². The van der Waals surface area contributed by atoms with Crippen molar-refractivity contribution in [2.75, 3.05) is 24.7 Å². The Kier molecular flexibility index (Phi) is 7.16. The third-order valence-corrected chi connectivity index (χ3v) is 5.45. The number of aromatic nitrogens is 1. The lowest BCUT2D eigenvalue weighted by atomic mass is 10.1. The van der Waals surface area contributed by atoms with Crippen LogP contribution in [-0.2, 0) is 9.53 Å². The number of amides is 2. The molecule has 0 aromatic carbocycles. The zero-order chi connectivity index (χ0) is 19.1. The third kappa shape index (κ3) is 4.83. The van der Waals surface area contributed by atoms with Crippen LogP contribution in [0.4, 0.5) is 5.00 Å². The number of nitrogens with one attached hydrogen (secondary N) is 2. The largest absolute Gasteiger partial charge is 0.462 e. The molecule has 0 saturated heterocycles. The number of carbonyl (C=O) groups is 3. The van der Waals surface area contributed by atoms with Crippen molar-refractivity contribution in [2.24, 2.45) is 0 Å². The summed E-state index contributed by atoms with van der Waals surface area (Å²) < 4.78 is 5.06. The molecule has 0 unspecified atom stereocenters. The molecule has 0 atom stereocenters. The quantitative estimate of drug-likeness (QED) is 0.554. The first-order chi connectivity index (χ1) is 12.5. The average Bonchev–Trinajstić information content (AvgIpc) is 2.96.